The average molecular weight is 514 g/mol. The van der Waals surface area contributed by atoms with E-state index >= 15 is 0 Å². The minimum absolute atomic E-state index is 0.174. The van der Waals surface area contributed by atoms with Crippen LogP contribution in [0, 0.1) is 6.92 Å². The van der Waals surface area contributed by atoms with Gasteiger partial charge >= 0.3 is 6.09 Å². The summed E-state index contributed by atoms with van der Waals surface area (Å²) in [6.45, 7) is 6.11. The first-order valence-electron chi connectivity index (χ1n) is 14.2. The maximum absolute atomic E-state index is 11.5. The van der Waals surface area contributed by atoms with E-state index in [1.54, 1.807) is 0 Å². The third-order valence-electron chi connectivity index (χ3n) is 8.96. The summed E-state index contributed by atoms with van der Waals surface area (Å²) in [6, 6.07) is 22.2. The van der Waals surface area contributed by atoms with Crippen LogP contribution in [0.2, 0.25) is 0 Å². The van der Waals surface area contributed by atoms with Crippen molar-refractivity contribution >= 4 is 6.09 Å². The van der Waals surface area contributed by atoms with Gasteiger partial charge in [0.2, 0.25) is 0 Å². The van der Waals surface area contributed by atoms with Gasteiger partial charge in [-0.2, -0.15) is 0 Å². The number of aryl methyl sites for hydroxylation is 1. The lowest BCUT2D eigenvalue weighted by atomic mass is 9.95. The summed E-state index contributed by atoms with van der Waals surface area (Å²) in [5.41, 5.74) is 5.13. The Kier molecular flexibility index (Phi) is 7.22. The summed E-state index contributed by atoms with van der Waals surface area (Å²) in [5, 5.41) is 12.2. The molecule has 7 heteroatoms. The molecule has 0 saturated carbocycles. The molecule has 2 aromatic carbocycles. The monoisotopic (exact) mass is 513 g/mol. The topological polar surface area (TPSA) is 73.6 Å². The van der Waals surface area contributed by atoms with Gasteiger partial charge in [0.25, 0.3) is 0 Å². The fourth-order valence-corrected chi connectivity index (χ4v) is 7.31. The highest BCUT2D eigenvalue weighted by molar-refractivity contribution is 5.65. The van der Waals surface area contributed by atoms with Crippen LogP contribution in [-0.2, 0) is 19.5 Å². The minimum atomic E-state index is -0.955. The van der Waals surface area contributed by atoms with Crippen molar-refractivity contribution in [2.45, 2.75) is 82.7 Å². The molecule has 38 heavy (non-hydrogen) atoms. The van der Waals surface area contributed by atoms with Crippen molar-refractivity contribution in [1.82, 2.24) is 24.7 Å². The predicted octanol–water partition coefficient (Wildman–Crippen LogP) is 5.32. The van der Waals surface area contributed by atoms with Gasteiger partial charge in [0, 0.05) is 56.4 Å². The van der Waals surface area contributed by atoms with Crippen molar-refractivity contribution in [2.75, 3.05) is 13.1 Å². The highest BCUT2D eigenvalue weighted by Crippen LogP contribution is 2.43. The minimum Gasteiger partial charge on any atom is -0.465 e. The molecule has 0 unspecified atom stereocenters. The molecule has 3 aliphatic heterocycles. The number of amides is 1. The SMILES string of the molecule is Cc1nc2c(n1[C@H]1C[C@H]3CC[C@@H](C1)N3CC[C@H](NC(=O)O)c1ccccc1)CCN(Cc1ccccc1)C2. The molecule has 3 aromatic rings. The number of nitrogens with one attached hydrogen (secondary N) is 1. The van der Waals surface area contributed by atoms with Gasteiger partial charge in [0.1, 0.15) is 5.82 Å². The van der Waals surface area contributed by atoms with Crippen molar-refractivity contribution < 1.29 is 9.90 Å². The van der Waals surface area contributed by atoms with Crippen molar-refractivity contribution in [3.05, 3.63) is 89.0 Å². The Labute approximate surface area is 225 Å². The Morgan fingerprint density at radius 1 is 1.03 bits per heavy atom. The van der Waals surface area contributed by atoms with E-state index in [-0.39, 0.29) is 6.04 Å². The van der Waals surface area contributed by atoms with E-state index in [1.807, 2.05) is 30.3 Å². The van der Waals surface area contributed by atoms with E-state index in [1.165, 1.54) is 35.6 Å². The predicted molar refractivity (Wildman–Crippen MR) is 148 cm³/mol. The van der Waals surface area contributed by atoms with Crippen LogP contribution >= 0.6 is 0 Å². The molecule has 4 heterocycles. The summed E-state index contributed by atoms with van der Waals surface area (Å²) in [7, 11) is 0. The van der Waals surface area contributed by atoms with Crippen molar-refractivity contribution in [1.29, 1.82) is 0 Å². The molecule has 1 aromatic heterocycles. The largest absolute Gasteiger partial charge is 0.465 e. The number of rotatable bonds is 8. The fraction of sp³-hybridized carbons (Fsp3) is 0.484. The number of nitrogens with zero attached hydrogens (tertiary/aromatic N) is 4. The van der Waals surface area contributed by atoms with E-state index in [4.69, 9.17) is 4.98 Å². The smallest absolute Gasteiger partial charge is 0.405 e. The molecule has 200 valence electrons. The molecule has 2 bridgehead atoms. The van der Waals surface area contributed by atoms with Crippen molar-refractivity contribution in [3.8, 4) is 0 Å². The molecule has 0 spiro atoms. The highest BCUT2D eigenvalue weighted by Gasteiger charge is 2.42. The maximum Gasteiger partial charge on any atom is 0.405 e. The van der Waals surface area contributed by atoms with E-state index in [0.717, 1.165) is 57.4 Å². The Bertz CT molecular complexity index is 1230. The van der Waals surface area contributed by atoms with Crippen LogP contribution in [0.1, 0.15) is 72.5 Å². The Hall–Kier alpha value is -3.16. The average Bonchev–Trinajstić information content (AvgIpc) is 3.37. The van der Waals surface area contributed by atoms with Crippen molar-refractivity contribution in [2.24, 2.45) is 0 Å². The van der Waals surface area contributed by atoms with Gasteiger partial charge in [-0.05, 0) is 50.2 Å². The quantitative estimate of drug-likeness (QED) is 0.427. The summed E-state index contributed by atoms with van der Waals surface area (Å²) in [6.07, 6.45) is 5.72. The number of fused-ring (bicyclic) bond motifs is 3. The molecule has 3 aliphatic rings. The standard InChI is InChI=1S/C31H39N5O2/c1-22-32-29-21-34(20-23-8-4-2-5-9-23)16-15-30(29)36(22)27-18-25-12-13-26(19-27)35(25)17-14-28(33-31(37)38)24-10-6-3-7-11-24/h2-11,25-28,33H,12-21H2,1H3,(H,37,38)/t25-,26+,27+,28-/m0/s1. The fourth-order valence-electron chi connectivity index (χ4n) is 7.31. The lowest BCUT2D eigenvalue weighted by Crippen LogP contribution is -2.45. The molecule has 4 atom stereocenters. The zero-order chi connectivity index (χ0) is 26.1. The van der Waals surface area contributed by atoms with Crippen LogP contribution in [0.25, 0.3) is 0 Å². The second-order valence-corrected chi connectivity index (χ2v) is 11.3. The third kappa shape index (κ3) is 5.22. The first kappa shape index (κ1) is 25.1. The van der Waals surface area contributed by atoms with E-state index < -0.39 is 6.09 Å². The van der Waals surface area contributed by atoms with E-state index in [9.17, 15) is 9.90 Å². The lowest BCUT2D eigenvalue weighted by Gasteiger charge is -2.41. The molecule has 6 rings (SSSR count). The van der Waals surface area contributed by atoms with Gasteiger partial charge in [0.05, 0.1) is 11.7 Å². The number of carbonyl (C=O) groups is 1. The summed E-state index contributed by atoms with van der Waals surface area (Å²) >= 11 is 0. The number of aromatic nitrogens is 2. The molecule has 1 amide bonds. The molecule has 7 nitrogen and oxygen atoms in total. The van der Waals surface area contributed by atoms with Crippen LogP contribution in [0.3, 0.4) is 0 Å². The third-order valence-corrected chi connectivity index (χ3v) is 8.96. The molecule has 2 saturated heterocycles. The van der Waals surface area contributed by atoms with Gasteiger partial charge in [-0.3, -0.25) is 9.80 Å². The van der Waals surface area contributed by atoms with Gasteiger partial charge in [-0.25, -0.2) is 9.78 Å². The molecular formula is C31H39N5O2. The zero-order valence-electron chi connectivity index (χ0n) is 22.3. The number of piperidine rings is 1. The van der Waals surface area contributed by atoms with Crippen LogP contribution in [-0.4, -0.2) is 55.7 Å². The maximum atomic E-state index is 11.5. The molecule has 0 radical (unpaired) electrons. The molecule has 2 fully saturated rings. The number of hydrogen-bond acceptors (Lipinski definition) is 4. The summed E-state index contributed by atoms with van der Waals surface area (Å²) in [5.74, 6) is 1.17. The Balaban J connectivity index is 1.11. The summed E-state index contributed by atoms with van der Waals surface area (Å²) in [4.78, 5) is 21.7. The second kappa shape index (κ2) is 10.9. The van der Waals surface area contributed by atoms with Gasteiger partial charge in [-0.1, -0.05) is 60.7 Å². The summed E-state index contributed by atoms with van der Waals surface area (Å²) < 4.78 is 2.59. The molecule has 0 aliphatic carbocycles. The first-order chi connectivity index (χ1) is 18.5. The number of benzene rings is 2. The van der Waals surface area contributed by atoms with Gasteiger partial charge in [0.15, 0.2) is 0 Å². The highest BCUT2D eigenvalue weighted by atomic mass is 16.4. The second-order valence-electron chi connectivity index (χ2n) is 11.3. The first-order valence-corrected chi connectivity index (χ1v) is 14.2. The van der Waals surface area contributed by atoms with Crippen LogP contribution in [0.5, 0.6) is 0 Å². The van der Waals surface area contributed by atoms with Gasteiger partial charge in [-0.15, -0.1) is 0 Å². The van der Waals surface area contributed by atoms with Crippen LogP contribution in [0.4, 0.5) is 4.79 Å². The van der Waals surface area contributed by atoms with Crippen LogP contribution < -0.4 is 5.32 Å². The zero-order valence-corrected chi connectivity index (χ0v) is 22.3. The van der Waals surface area contributed by atoms with Crippen LogP contribution in [0.15, 0.2) is 60.7 Å². The van der Waals surface area contributed by atoms with Crippen molar-refractivity contribution in [3.63, 3.8) is 0 Å². The molecule has 2 N–H and O–H groups in total. The number of hydrogen-bond donors (Lipinski definition) is 2. The van der Waals surface area contributed by atoms with E-state index in [2.05, 4.69) is 56.9 Å². The Morgan fingerprint density at radius 2 is 1.71 bits per heavy atom. The van der Waals surface area contributed by atoms with Gasteiger partial charge < -0.3 is 15.0 Å². The normalized spacial score (nSPS) is 24.2. The number of carboxylic acid groups (broad SMARTS) is 1. The number of imidazole rings is 1. The van der Waals surface area contributed by atoms with E-state index in [0.29, 0.717) is 18.1 Å². The molecular weight excluding hydrogens is 474 g/mol. The Morgan fingerprint density at radius 3 is 2.39 bits per heavy atom. The lowest BCUT2D eigenvalue weighted by molar-refractivity contribution is 0.0992.